The fraction of sp³-hybridized carbons (Fsp3) is 0.941. The topological polar surface area (TPSA) is 85.8 Å². The molecular formula is C17H35N5O2S. The number of piperidine rings is 1. The summed E-state index contributed by atoms with van der Waals surface area (Å²) in [7, 11) is -3.20. The number of guanidine groups is 1. The zero-order valence-corrected chi connectivity index (χ0v) is 16.4. The van der Waals surface area contributed by atoms with Gasteiger partial charge in [0.25, 0.3) is 0 Å². The zero-order valence-electron chi connectivity index (χ0n) is 15.6. The number of likely N-dealkylation sites (tertiary alicyclic amines) is 1. The summed E-state index contributed by atoms with van der Waals surface area (Å²) in [5.74, 6) is 1.32. The summed E-state index contributed by atoms with van der Waals surface area (Å²) in [6.07, 6.45) is 7.44. The molecule has 2 rings (SSSR count). The first kappa shape index (κ1) is 20.5. The molecule has 0 radical (unpaired) electrons. The second kappa shape index (κ2) is 11.0. The Balaban J connectivity index is 1.65. The van der Waals surface area contributed by atoms with Crippen molar-refractivity contribution in [1.82, 2.24) is 20.3 Å². The Bertz CT molecular complexity index is 499. The molecule has 25 heavy (non-hydrogen) atoms. The highest BCUT2D eigenvalue weighted by atomic mass is 32.2. The summed E-state index contributed by atoms with van der Waals surface area (Å²) in [5, 5.41) is 6.31. The Morgan fingerprint density at radius 1 is 1.12 bits per heavy atom. The minimum absolute atomic E-state index is 0.0796. The second-order valence-corrected chi connectivity index (χ2v) is 8.98. The molecule has 1 aliphatic heterocycles. The molecular weight excluding hydrogens is 338 g/mol. The van der Waals surface area contributed by atoms with E-state index in [9.17, 15) is 8.42 Å². The van der Waals surface area contributed by atoms with Crippen molar-refractivity contribution in [3.8, 4) is 0 Å². The third-order valence-corrected chi connectivity index (χ3v) is 6.31. The first-order valence-corrected chi connectivity index (χ1v) is 11.5. The molecule has 1 aliphatic carbocycles. The lowest BCUT2D eigenvalue weighted by Crippen LogP contribution is -2.42. The van der Waals surface area contributed by atoms with Crippen LogP contribution in [-0.4, -0.2) is 70.8 Å². The highest BCUT2D eigenvalue weighted by Crippen LogP contribution is 2.25. The number of aliphatic imine (C=N–C) groups is 1. The van der Waals surface area contributed by atoms with Gasteiger partial charge >= 0.3 is 0 Å². The van der Waals surface area contributed by atoms with Gasteiger partial charge in [-0.05, 0) is 51.6 Å². The van der Waals surface area contributed by atoms with Crippen molar-refractivity contribution >= 4 is 16.0 Å². The van der Waals surface area contributed by atoms with Crippen molar-refractivity contribution in [2.75, 3.05) is 51.6 Å². The lowest BCUT2D eigenvalue weighted by atomic mass is 9.86. The van der Waals surface area contributed by atoms with Crippen LogP contribution in [0.5, 0.6) is 0 Å². The number of nitrogens with one attached hydrogen (secondary N) is 3. The average molecular weight is 374 g/mol. The van der Waals surface area contributed by atoms with Crippen LogP contribution in [-0.2, 0) is 10.0 Å². The fourth-order valence-corrected chi connectivity index (χ4v) is 4.15. The van der Waals surface area contributed by atoms with E-state index in [1.165, 1.54) is 38.8 Å². The van der Waals surface area contributed by atoms with Crippen molar-refractivity contribution in [2.24, 2.45) is 10.9 Å². The van der Waals surface area contributed by atoms with Gasteiger partial charge in [0, 0.05) is 26.2 Å². The van der Waals surface area contributed by atoms with Gasteiger partial charge < -0.3 is 15.5 Å². The van der Waals surface area contributed by atoms with Crippen molar-refractivity contribution < 1.29 is 8.42 Å². The summed E-state index contributed by atoms with van der Waals surface area (Å²) in [5.41, 5.74) is 0. The summed E-state index contributed by atoms with van der Waals surface area (Å²) in [6, 6.07) is 0. The quantitative estimate of drug-likeness (QED) is 0.389. The fourth-order valence-electron chi connectivity index (χ4n) is 3.15. The molecule has 2 aliphatic rings. The first-order chi connectivity index (χ1) is 12.1. The van der Waals surface area contributed by atoms with E-state index >= 15 is 0 Å². The van der Waals surface area contributed by atoms with Gasteiger partial charge in [0.15, 0.2) is 5.96 Å². The van der Waals surface area contributed by atoms with Crippen LogP contribution in [0.4, 0.5) is 0 Å². The molecule has 2 fully saturated rings. The Labute approximate surface area is 153 Å². The third-order valence-electron chi connectivity index (χ3n) is 4.96. The Hall–Kier alpha value is -0.860. The number of hydrogen-bond acceptors (Lipinski definition) is 4. The minimum Gasteiger partial charge on any atom is -0.357 e. The molecule has 146 valence electrons. The van der Waals surface area contributed by atoms with E-state index in [1.54, 1.807) is 0 Å². The maximum Gasteiger partial charge on any atom is 0.213 e. The van der Waals surface area contributed by atoms with E-state index in [4.69, 9.17) is 0 Å². The molecule has 0 aromatic carbocycles. The Morgan fingerprint density at radius 2 is 1.88 bits per heavy atom. The van der Waals surface area contributed by atoms with Crippen LogP contribution in [0.3, 0.4) is 0 Å². The molecule has 0 unspecified atom stereocenters. The summed E-state index contributed by atoms with van der Waals surface area (Å²) in [6.45, 7) is 7.79. The number of nitrogens with zero attached hydrogens (tertiary/aromatic N) is 2. The minimum atomic E-state index is -3.20. The standard InChI is InChI=1S/C17H35N5O2S/c1-2-18-17(19-9-13-22-11-4-3-5-12-22)20-10-14-25(23,24)21-15-16-7-6-8-16/h16,21H,2-15H2,1H3,(H2,18,19,20). The van der Waals surface area contributed by atoms with Crippen LogP contribution >= 0.6 is 0 Å². The van der Waals surface area contributed by atoms with E-state index < -0.39 is 10.0 Å². The SMILES string of the molecule is CCNC(=NCCN1CCCCC1)NCCS(=O)(=O)NCC1CCC1. The monoisotopic (exact) mass is 373 g/mol. The van der Waals surface area contributed by atoms with Gasteiger partial charge in [0.1, 0.15) is 0 Å². The van der Waals surface area contributed by atoms with Gasteiger partial charge in [-0.2, -0.15) is 0 Å². The summed E-state index contributed by atoms with van der Waals surface area (Å²) >= 11 is 0. The van der Waals surface area contributed by atoms with Crippen LogP contribution in [0.1, 0.15) is 45.4 Å². The normalized spacial score (nSPS) is 20.3. The highest BCUT2D eigenvalue weighted by molar-refractivity contribution is 7.89. The van der Waals surface area contributed by atoms with Crippen LogP contribution in [0, 0.1) is 5.92 Å². The van der Waals surface area contributed by atoms with E-state index in [0.29, 0.717) is 25.0 Å². The van der Waals surface area contributed by atoms with Gasteiger partial charge in [-0.15, -0.1) is 0 Å². The van der Waals surface area contributed by atoms with Crippen LogP contribution in [0.15, 0.2) is 4.99 Å². The predicted molar refractivity (Wildman–Crippen MR) is 103 cm³/mol. The van der Waals surface area contributed by atoms with Crippen LogP contribution in [0.25, 0.3) is 0 Å². The van der Waals surface area contributed by atoms with Crippen molar-refractivity contribution in [1.29, 1.82) is 0 Å². The molecule has 0 spiro atoms. The smallest absolute Gasteiger partial charge is 0.213 e. The number of rotatable bonds is 10. The predicted octanol–water partition coefficient (Wildman–Crippen LogP) is 0.747. The van der Waals surface area contributed by atoms with E-state index in [1.807, 2.05) is 6.92 Å². The zero-order chi connectivity index (χ0) is 18.0. The largest absolute Gasteiger partial charge is 0.357 e. The number of hydrogen-bond donors (Lipinski definition) is 3. The van der Waals surface area contributed by atoms with Crippen LogP contribution < -0.4 is 15.4 Å². The Kier molecular flexibility index (Phi) is 8.98. The molecule has 1 saturated heterocycles. The molecule has 1 heterocycles. The van der Waals surface area contributed by atoms with Crippen LogP contribution in [0.2, 0.25) is 0 Å². The lowest BCUT2D eigenvalue weighted by Gasteiger charge is -2.25. The molecule has 0 aromatic rings. The van der Waals surface area contributed by atoms with Crippen molar-refractivity contribution in [3.63, 3.8) is 0 Å². The van der Waals surface area contributed by atoms with Crippen molar-refractivity contribution in [3.05, 3.63) is 0 Å². The summed E-state index contributed by atoms with van der Waals surface area (Å²) < 4.78 is 26.8. The second-order valence-electron chi connectivity index (χ2n) is 7.05. The Morgan fingerprint density at radius 3 is 2.52 bits per heavy atom. The molecule has 0 aromatic heterocycles. The molecule has 1 saturated carbocycles. The molecule has 0 atom stereocenters. The van der Waals surface area contributed by atoms with Gasteiger partial charge in [-0.25, -0.2) is 13.1 Å². The van der Waals surface area contributed by atoms with Gasteiger partial charge in [0.05, 0.1) is 12.3 Å². The van der Waals surface area contributed by atoms with Crippen molar-refractivity contribution in [2.45, 2.75) is 45.4 Å². The summed E-state index contributed by atoms with van der Waals surface area (Å²) in [4.78, 5) is 7.01. The molecule has 7 nitrogen and oxygen atoms in total. The molecule has 3 N–H and O–H groups in total. The molecule has 8 heteroatoms. The molecule has 0 amide bonds. The van der Waals surface area contributed by atoms with E-state index in [0.717, 1.165) is 32.5 Å². The first-order valence-electron chi connectivity index (χ1n) is 9.81. The maximum absolute atomic E-state index is 12.0. The van der Waals surface area contributed by atoms with Gasteiger partial charge in [-0.3, -0.25) is 4.99 Å². The lowest BCUT2D eigenvalue weighted by molar-refractivity contribution is 0.235. The van der Waals surface area contributed by atoms with E-state index in [2.05, 4.69) is 25.2 Å². The number of sulfonamides is 1. The third kappa shape index (κ3) is 8.37. The maximum atomic E-state index is 12.0. The van der Waals surface area contributed by atoms with Gasteiger partial charge in [-0.1, -0.05) is 12.8 Å². The molecule has 0 bridgehead atoms. The van der Waals surface area contributed by atoms with Gasteiger partial charge in [0.2, 0.25) is 10.0 Å². The average Bonchev–Trinajstić information content (AvgIpc) is 2.54. The highest BCUT2D eigenvalue weighted by Gasteiger charge is 2.20. The van der Waals surface area contributed by atoms with E-state index in [-0.39, 0.29) is 5.75 Å².